The summed E-state index contributed by atoms with van der Waals surface area (Å²) in [6, 6.07) is 12.4. The number of hydrogen-bond donors (Lipinski definition) is 1. The van der Waals surface area contributed by atoms with E-state index in [2.05, 4.69) is 47.5 Å². The van der Waals surface area contributed by atoms with Crippen molar-refractivity contribution in [2.75, 3.05) is 19.6 Å². The predicted molar refractivity (Wildman–Crippen MR) is 84.9 cm³/mol. The molecule has 0 radical (unpaired) electrons. The van der Waals surface area contributed by atoms with Crippen LogP contribution in [0, 0.1) is 5.92 Å². The van der Waals surface area contributed by atoms with Crippen LogP contribution in [-0.4, -0.2) is 36.6 Å². The standard InChI is InChI=1S/C18H28N2/c1-15-7-8-17(13-15)19-18-10-12-20(14-18)11-9-16-5-3-2-4-6-16/h2-6,15,17-19H,7-14H2,1H3. The molecule has 20 heavy (non-hydrogen) atoms. The molecule has 0 aromatic heterocycles. The molecule has 0 spiro atoms. The summed E-state index contributed by atoms with van der Waals surface area (Å²) < 4.78 is 0. The lowest BCUT2D eigenvalue weighted by atomic mass is 10.1. The van der Waals surface area contributed by atoms with E-state index in [1.54, 1.807) is 0 Å². The van der Waals surface area contributed by atoms with E-state index in [0.29, 0.717) is 0 Å². The van der Waals surface area contributed by atoms with Gasteiger partial charge in [0.2, 0.25) is 0 Å². The molecule has 2 heteroatoms. The smallest absolute Gasteiger partial charge is 0.0209 e. The average Bonchev–Trinajstić information content (AvgIpc) is 3.08. The number of nitrogens with zero attached hydrogens (tertiary/aromatic N) is 1. The molecule has 1 aromatic carbocycles. The van der Waals surface area contributed by atoms with Crippen molar-refractivity contribution in [2.24, 2.45) is 5.92 Å². The third kappa shape index (κ3) is 3.83. The first-order valence-corrected chi connectivity index (χ1v) is 8.32. The molecule has 0 bridgehead atoms. The van der Waals surface area contributed by atoms with Gasteiger partial charge in [0.25, 0.3) is 0 Å². The second kappa shape index (κ2) is 6.73. The molecule has 2 nitrogen and oxygen atoms in total. The second-order valence-corrected chi connectivity index (χ2v) is 6.80. The van der Waals surface area contributed by atoms with Crippen molar-refractivity contribution in [3.8, 4) is 0 Å². The number of likely N-dealkylation sites (tertiary alicyclic amines) is 1. The molecule has 2 aliphatic rings. The van der Waals surface area contributed by atoms with Crippen LogP contribution in [0.5, 0.6) is 0 Å². The van der Waals surface area contributed by atoms with E-state index in [1.807, 2.05) is 0 Å². The third-order valence-electron chi connectivity index (χ3n) is 5.00. The molecule has 1 heterocycles. The normalized spacial score (nSPS) is 30.9. The van der Waals surface area contributed by atoms with Crippen LogP contribution in [0.2, 0.25) is 0 Å². The highest BCUT2D eigenvalue weighted by Crippen LogP contribution is 2.25. The number of nitrogens with one attached hydrogen (secondary N) is 1. The van der Waals surface area contributed by atoms with Crippen LogP contribution in [0.1, 0.15) is 38.2 Å². The van der Waals surface area contributed by atoms with Gasteiger partial charge >= 0.3 is 0 Å². The van der Waals surface area contributed by atoms with Gasteiger partial charge in [0.1, 0.15) is 0 Å². The van der Waals surface area contributed by atoms with Crippen molar-refractivity contribution < 1.29 is 0 Å². The topological polar surface area (TPSA) is 15.3 Å². The maximum Gasteiger partial charge on any atom is 0.0209 e. The summed E-state index contributed by atoms with van der Waals surface area (Å²) in [4.78, 5) is 2.63. The van der Waals surface area contributed by atoms with Crippen molar-refractivity contribution in [1.29, 1.82) is 0 Å². The molecule has 3 atom stereocenters. The molecule has 3 unspecified atom stereocenters. The first-order chi connectivity index (χ1) is 9.79. The van der Waals surface area contributed by atoms with E-state index in [-0.39, 0.29) is 0 Å². The number of hydrogen-bond acceptors (Lipinski definition) is 2. The van der Waals surface area contributed by atoms with Gasteiger partial charge in [-0.3, -0.25) is 0 Å². The van der Waals surface area contributed by atoms with E-state index in [0.717, 1.165) is 18.0 Å². The van der Waals surface area contributed by atoms with Gasteiger partial charge in [-0.15, -0.1) is 0 Å². The first kappa shape index (κ1) is 14.1. The molecular weight excluding hydrogens is 244 g/mol. The molecule has 1 saturated carbocycles. The minimum absolute atomic E-state index is 0.737. The Morgan fingerprint density at radius 2 is 1.95 bits per heavy atom. The minimum Gasteiger partial charge on any atom is -0.310 e. The molecule has 1 aliphatic carbocycles. The Balaban J connectivity index is 1.39. The van der Waals surface area contributed by atoms with E-state index in [4.69, 9.17) is 0 Å². The maximum absolute atomic E-state index is 3.89. The van der Waals surface area contributed by atoms with Crippen LogP contribution >= 0.6 is 0 Å². The summed E-state index contributed by atoms with van der Waals surface area (Å²) in [6.07, 6.45) is 6.72. The summed E-state index contributed by atoms with van der Waals surface area (Å²) >= 11 is 0. The quantitative estimate of drug-likeness (QED) is 0.886. The molecule has 2 fully saturated rings. The Labute approximate surface area is 123 Å². The van der Waals surface area contributed by atoms with E-state index >= 15 is 0 Å². The molecule has 110 valence electrons. The Hall–Kier alpha value is -0.860. The molecular formula is C18H28N2. The monoisotopic (exact) mass is 272 g/mol. The molecule has 3 rings (SSSR count). The van der Waals surface area contributed by atoms with Crippen molar-refractivity contribution in [2.45, 2.75) is 51.1 Å². The first-order valence-electron chi connectivity index (χ1n) is 8.32. The molecule has 0 amide bonds. The van der Waals surface area contributed by atoms with Gasteiger partial charge < -0.3 is 10.2 Å². The zero-order chi connectivity index (χ0) is 13.8. The summed E-state index contributed by atoms with van der Waals surface area (Å²) in [6.45, 7) is 6.12. The van der Waals surface area contributed by atoms with Crippen LogP contribution in [-0.2, 0) is 6.42 Å². The van der Waals surface area contributed by atoms with Crippen LogP contribution in [0.4, 0.5) is 0 Å². The second-order valence-electron chi connectivity index (χ2n) is 6.80. The maximum atomic E-state index is 3.89. The summed E-state index contributed by atoms with van der Waals surface area (Å²) in [5.74, 6) is 0.933. The van der Waals surface area contributed by atoms with Crippen LogP contribution in [0.15, 0.2) is 30.3 Å². The average molecular weight is 272 g/mol. The highest BCUT2D eigenvalue weighted by Gasteiger charge is 2.27. The van der Waals surface area contributed by atoms with Crippen molar-refractivity contribution in [1.82, 2.24) is 10.2 Å². The third-order valence-corrected chi connectivity index (χ3v) is 5.00. The summed E-state index contributed by atoms with van der Waals surface area (Å²) in [5.41, 5.74) is 1.47. The SMILES string of the molecule is CC1CCC(NC2CCN(CCc3ccccc3)C2)C1. The largest absolute Gasteiger partial charge is 0.310 e. The minimum atomic E-state index is 0.737. The molecule has 1 aromatic rings. The highest BCUT2D eigenvalue weighted by molar-refractivity contribution is 5.14. The predicted octanol–water partition coefficient (Wildman–Crippen LogP) is 3.08. The lowest BCUT2D eigenvalue weighted by molar-refractivity contribution is 0.324. The van der Waals surface area contributed by atoms with Crippen LogP contribution in [0.3, 0.4) is 0 Å². The zero-order valence-corrected chi connectivity index (χ0v) is 12.7. The van der Waals surface area contributed by atoms with E-state index in [1.165, 1.54) is 57.3 Å². The van der Waals surface area contributed by atoms with Gasteiger partial charge in [0.05, 0.1) is 0 Å². The molecule has 1 aliphatic heterocycles. The Bertz CT molecular complexity index is 403. The fourth-order valence-corrected chi connectivity index (χ4v) is 3.80. The molecule has 1 N–H and O–H groups in total. The van der Waals surface area contributed by atoms with Crippen molar-refractivity contribution in [3.05, 3.63) is 35.9 Å². The van der Waals surface area contributed by atoms with Gasteiger partial charge in [-0.1, -0.05) is 37.3 Å². The van der Waals surface area contributed by atoms with Crippen LogP contribution in [0.25, 0.3) is 0 Å². The summed E-state index contributed by atoms with van der Waals surface area (Å²) in [7, 11) is 0. The van der Waals surface area contributed by atoms with Gasteiger partial charge in [-0.05, 0) is 50.1 Å². The van der Waals surface area contributed by atoms with Crippen molar-refractivity contribution >= 4 is 0 Å². The Kier molecular flexibility index (Phi) is 4.74. The lowest BCUT2D eigenvalue weighted by Crippen LogP contribution is -2.39. The lowest BCUT2D eigenvalue weighted by Gasteiger charge is -2.20. The Morgan fingerprint density at radius 3 is 2.70 bits per heavy atom. The van der Waals surface area contributed by atoms with E-state index < -0.39 is 0 Å². The summed E-state index contributed by atoms with van der Waals surface area (Å²) in [5, 5.41) is 3.89. The zero-order valence-electron chi connectivity index (χ0n) is 12.7. The number of benzene rings is 1. The van der Waals surface area contributed by atoms with Gasteiger partial charge in [0, 0.05) is 25.2 Å². The fourth-order valence-electron chi connectivity index (χ4n) is 3.80. The highest BCUT2D eigenvalue weighted by atomic mass is 15.2. The van der Waals surface area contributed by atoms with Gasteiger partial charge in [0.15, 0.2) is 0 Å². The van der Waals surface area contributed by atoms with Crippen molar-refractivity contribution in [3.63, 3.8) is 0 Å². The Morgan fingerprint density at radius 1 is 1.10 bits per heavy atom. The van der Waals surface area contributed by atoms with E-state index in [9.17, 15) is 0 Å². The fraction of sp³-hybridized carbons (Fsp3) is 0.667. The molecule has 1 saturated heterocycles. The van der Waals surface area contributed by atoms with Gasteiger partial charge in [-0.2, -0.15) is 0 Å². The van der Waals surface area contributed by atoms with Crippen LogP contribution < -0.4 is 5.32 Å². The van der Waals surface area contributed by atoms with Gasteiger partial charge in [-0.25, -0.2) is 0 Å². The number of rotatable bonds is 5.